The van der Waals surface area contributed by atoms with Gasteiger partial charge in [-0.1, -0.05) is 24.3 Å². The van der Waals surface area contributed by atoms with Crippen LogP contribution in [0.4, 0.5) is 8.78 Å². The summed E-state index contributed by atoms with van der Waals surface area (Å²) < 4.78 is 31.8. The van der Waals surface area contributed by atoms with Crippen molar-refractivity contribution in [2.24, 2.45) is 0 Å². The predicted molar refractivity (Wildman–Crippen MR) is 68.0 cm³/mol. The molecular weight excluding hydrogens is 250 g/mol. The Bertz CT molecular complexity index is 570. The molecule has 100 valence electrons. The molecule has 2 nitrogen and oxygen atoms in total. The second kappa shape index (κ2) is 5.80. The van der Waals surface area contributed by atoms with Crippen LogP contribution in [0.5, 0.6) is 5.75 Å². The molecule has 0 aliphatic heterocycles. The van der Waals surface area contributed by atoms with Gasteiger partial charge >= 0.3 is 0 Å². The normalized spacial score (nSPS) is 12.2. The van der Waals surface area contributed by atoms with Crippen LogP contribution in [0.1, 0.15) is 17.2 Å². The van der Waals surface area contributed by atoms with E-state index in [1.165, 1.54) is 31.4 Å². The van der Waals surface area contributed by atoms with E-state index in [0.717, 1.165) is 0 Å². The first-order valence-electron chi connectivity index (χ1n) is 5.86. The summed E-state index contributed by atoms with van der Waals surface area (Å²) in [4.78, 5) is 0. The van der Waals surface area contributed by atoms with E-state index in [0.29, 0.717) is 5.56 Å². The molecule has 2 rings (SSSR count). The summed E-state index contributed by atoms with van der Waals surface area (Å²) in [5.74, 6) is -0.825. The maximum atomic E-state index is 13.5. The molecule has 4 heteroatoms. The summed E-state index contributed by atoms with van der Waals surface area (Å²) in [5.41, 5.74) is 0.785. The lowest BCUT2D eigenvalue weighted by Gasteiger charge is -2.12. The molecule has 2 aromatic carbocycles. The summed E-state index contributed by atoms with van der Waals surface area (Å²) in [6.45, 7) is 0. The number of benzene rings is 2. The van der Waals surface area contributed by atoms with Crippen LogP contribution in [-0.4, -0.2) is 12.2 Å². The Labute approximate surface area is 110 Å². The van der Waals surface area contributed by atoms with Crippen LogP contribution in [0, 0.1) is 11.6 Å². The zero-order valence-corrected chi connectivity index (χ0v) is 10.4. The van der Waals surface area contributed by atoms with Crippen molar-refractivity contribution in [3.05, 3.63) is 65.2 Å². The maximum absolute atomic E-state index is 13.5. The third-order valence-electron chi connectivity index (χ3n) is 2.91. The Kier molecular flexibility index (Phi) is 4.12. The Hall–Kier alpha value is -1.94. The van der Waals surface area contributed by atoms with Crippen LogP contribution in [0.3, 0.4) is 0 Å². The minimum Gasteiger partial charge on any atom is -0.494 e. The lowest BCUT2D eigenvalue weighted by Crippen LogP contribution is -2.04. The highest BCUT2D eigenvalue weighted by Crippen LogP contribution is 2.24. The van der Waals surface area contributed by atoms with Crippen LogP contribution < -0.4 is 4.74 Å². The standard InChI is InChI=1S/C15H14F2O2/c1-19-15-7-6-10(8-13(15)17)9-14(18)11-4-2-3-5-12(11)16/h2-8,14,18H,9H2,1H3. The number of ether oxygens (including phenoxy) is 1. The van der Waals surface area contributed by atoms with Crippen molar-refractivity contribution < 1.29 is 18.6 Å². The van der Waals surface area contributed by atoms with Crippen molar-refractivity contribution in [1.82, 2.24) is 0 Å². The molecule has 0 radical (unpaired) electrons. The first kappa shape index (κ1) is 13.5. The third kappa shape index (κ3) is 3.09. The van der Waals surface area contributed by atoms with Crippen LogP contribution in [0.15, 0.2) is 42.5 Å². The van der Waals surface area contributed by atoms with Gasteiger partial charge < -0.3 is 9.84 Å². The average molecular weight is 264 g/mol. The van der Waals surface area contributed by atoms with Crippen molar-refractivity contribution in [1.29, 1.82) is 0 Å². The Balaban J connectivity index is 2.17. The SMILES string of the molecule is COc1ccc(CC(O)c2ccccc2F)cc1F. The minimum atomic E-state index is -1.01. The number of halogens is 2. The van der Waals surface area contributed by atoms with Crippen molar-refractivity contribution in [2.75, 3.05) is 7.11 Å². The molecule has 0 saturated heterocycles. The predicted octanol–water partition coefficient (Wildman–Crippen LogP) is 3.25. The van der Waals surface area contributed by atoms with E-state index in [2.05, 4.69) is 0 Å². The second-order valence-electron chi connectivity index (χ2n) is 4.21. The quantitative estimate of drug-likeness (QED) is 0.918. The van der Waals surface area contributed by atoms with E-state index in [-0.39, 0.29) is 17.7 Å². The van der Waals surface area contributed by atoms with Crippen LogP contribution in [-0.2, 0) is 6.42 Å². The van der Waals surface area contributed by atoms with E-state index in [1.807, 2.05) is 0 Å². The van der Waals surface area contributed by atoms with Crippen LogP contribution in [0.2, 0.25) is 0 Å². The summed E-state index contributed by atoms with van der Waals surface area (Å²) in [6, 6.07) is 10.4. The zero-order valence-electron chi connectivity index (χ0n) is 10.4. The van der Waals surface area contributed by atoms with E-state index < -0.39 is 17.7 Å². The van der Waals surface area contributed by atoms with Gasteiger partial charge in [-0.2, -0.15) is 0 Å². The molecule has 1 N–H and O–H groups in total. The fourth-order valence-corrected chi connectivity index (χ4v) is 1.92. The highest BCUT2D eigenvalue weighted by atomic mass is 19.1. The zero-order chi connectivity index (χ0) is 13.8. The molecule has 1 atom stereocenters. The molecule has 19 heavy (non-hydrogen) atoms. The number of aliphatic hydroxyl groups excluding tert-OH is 1. The third-order valence-corrected chi connectivity index (χ3v) is 2.91. The van der Waals surface area contributed by atoms with Gasteiger partial charge in [0, 0.05) is 12.0 Å². The molecule has 0 fully saturated rings. The van der Waals surface area contributed by atoms with Gasteiger partial charge in [-0.25, -0.2) is 8.78 Å². The van der Waals surface area contributed by atoms with E-state index in [4.69, 9.17) is 4.74 Å². The van der Waals surface area contributed by atoms with E-state index in [1.54, 1.807) is 18.2 Å². The minimum absolute atomic E-state index is 0.141. The van der Waals surface area contributed by atoms with Crippen LogP contribution in [0.25, 0.3) is 0 Å². The van der Waals surface area contributed by atoms with Gasteiger partial charge in [0.25, 0.3) is 0 Å². The highest BCUT2D eigenvalue weighted by molar-refractivity contribution is 5.31. The van der Waals surface area contributed by atoms with Crippen molar-refractivity contribution in [2.45, 2.75) is 12.5 Å². The molecule has 0 saturated carbocycles. The highest BCUT2D eigenvalue weighted by Gasteiger charge is 2.14. The van der Waals surface area contributed by atoms with Gasteiger partial charge in [-0.05, 0) is 23.8 Å². The lowest BCUT2D eigenvalue weighted by atomic mass is 10.0. The molecule has 0 aromatic heterocycles. The fourth-order valence-electron chi connectivity index (χ4n) is 1.92. The molecule has 0 spiro atoms. The van der Waals surface area contributed by atoms with E-state index in [9.17, 15) is 13.9 Å². The lowest BCUT2D eigenvalue weighted by molar-refractivity contribution is 0.173. The molecule has 0 bridgehead atoms. The number of hydrogen-bond donors (Lipinski definition) is 1. The summed E-state index contributed by atoms with van der Waals surface area (Å²) in [6.07, 6.45) is -0.865. The smallest absolute Gasteiger partial charge is 0.165 e. The largest absolute Gasteiger partial charge is 0.494 e. The van der Waals surface area contributed by atoms with Crippen molar-refractivity contribution in [3.63, 3.8) is 0 Å². The average Bonchev–Trinajstić information content (AvgIpc) is 2.39. The Morgan fingerprint density at radius 1 is 1.11 bits per heavy atom. The summed E-state index contributed by atoms with van der Waals surface area (Å²) >= 11 is 0. The molecule has 0 aliphatic rings. The van der Waals surface area contributed by atoms with Crippen molar-refractivity contribution >= 4 is 0 Å². The van der Waals surface area contributed by atoms with Gasteiger partial charge in [-0.3, -0.25) is 0 Å². The first-order valence-corrected chi connectivity index (χ1v) is 5.86. The Morgan fingerprint density at radius 3 is 2.47 bits per heavy atom. The molecular formula is C15H14F2O2. The van der Waals surface area contributed by atoms with Gasteiger partial charge in [0.1, 0.15) is 5.82 Å². The summed E-state index contributed by atoms with van der Waals surface area (Å²) in [7, 11) is 1.38. The fraction of sp³-hybridized carbons (Fsp3) is 0.200. The number of methoxy groups -OCH3 is 1. The molecule has 2 aromatic rings. The number of aliphatic hydroxyl groups is 1. The monoisotopic (exact) mass is 264 g/mol. The number of rotatable bonds is 4. The van der Waals surface area contributed by atoms with Gasteiger partial charge in [0.15, 0.2) is 11.6 Å². The molecule has 0 aliphatic carbocycles. The van der Waals surface area contributed by atoms with E-state index >= 15 is 0 Å². The Morgan fingerprint density at radius 2 is 1.84 bits per heavy atom. The summed E-state index contributed by atoms with van der Waals surface area (Å²) in [5, 5.41) is 9.98. The van der Waals surface area contributed by atoms with Gasteiger partial charge in [0.05, 0.1) is 13.2 Å². The topological polar surface area (TPSA) is 29.5 Å². The van der Waals surface area contributed by atoms with Crippen molar-refractivity contribution in [3.8, 4) is 5.75 Å². The molecule has 0 heterocycles. The van der Waals surface area contributed by atoms with Crippen LogP contribution >= 0.6 is 0 Å². The molecule has 0 amide bonds. The second-order valence-corrected chi connectivity index (χ2v) is 4.21. The van der Waals surface area contributed by atoms with Gasteiger partial charge in [-0.15, -0.1) is 0 Å². The number of hydrogen-bond acceptors (Lipinski definition) is 2. The molecule has 1 unspecified atom stereocenters. The van der Waals surface area contributed by atoms with Gasteiger partial charge in [0.2, 0.25) is 0 Å². The maximum Gasteiger partial charge on any atom is 0.165 e. The first-order chi connectivity index (χ1) is 9.11.